The number of rotatable bonds is 8. The van der Waals surface area contributed by atoms with Crippen LogP contribution >= 0.6 is 11.8 Å². The smallest absolute Gasteiger partial charge is 0.237 e. The van der Waals surface area contributed by atoms with Crippen molar-refractivity contribution in [3.63, 3.8) is 0 Å². The van der Waals surface area contributed by atoms with Crippen LogP contribution in [0.4, 0.5) is 0 Å². The van der Waals surface area contributed by atoms with Gasteiger partial charge in [0.2, 0.25) is 5.91 Å². The van der Waals surface area contributed by atoms with Crippen molar-refractivity contribution in [3.8, 4) is 0 Å². The Balaban J connectivity index is 4.02. The Morgan fingerprint density at radius 1 is 1.53 bits per heavy atom. The summed E-state index contributed by atoms with van der Waals surface area (Å²) in [6, 6.07) is 0. The summed E-state index contributed by atoms with van der Waals surface area (Å²) in [4.78, 5) is 11.3. The maximum absolute atomic E-state index is 11.3. The fourth-order valence-electron chi connectivity index (χ4n) is 1.27. The quantitative estimate of drug-likeness (QED) is 0.670. The van der Waals surface area contributed by atoms with Crippen LogP contribution in [0.1, 0.15) is 40.5 Å². The summed E-state index contributed by atoms with van der Waals surface area (Å²) in [5.41, 5.74) is 4.85. The van der Waals surface area contributed by atoms with Crippen LogP contribution in [0.5, 0.6) is 0 Å². The lowest BCUT2D eigenvalue weighted by atomic mass is 9.98. The van der Waals surface area contributed by atoms with Crippen LogP contribution in [0.15, 0.2) is 0 Å². The van der Waals surface area contributed by atoms with E-state index in [1.165, 1.54) is 6.42 Å². The Hall–Kier alpha value is -0.220. The molecule has 0 aliphatic heterocycles. The number of amides is 1. The number of nitrogens with one attached hydrogen (secondary N) is 1. The van der Waals surface area contributed by atoms with Crippen molar-refractivity contribution < 1.29 is 4.79 Å². The van der Waals surface area contributed by atoms with E-state index in [4.69, 9.17) is 5.73 Å². The first-order valence-electron chi connectivity index (χ1n) is 5.62. The van der Waals surface area contributed by atoms with Crippen molar-refractivity contribution in [2.45, 2.75) is 51.3 Å². The third-order valence-electron chi connectivity index (χ3n) is 2.69. The zero-order valence-electron chi connectivity index (χ0n) is 10.3. The summed E-state index contributed by atoms with van der Waals surface area (Å²) >= 11 is 1.90. The third-order valence-corrected chi connectivity index (χ3v) is 4.03. The number of thioether (sulfide) groups is 1. The number of carbonyl (C=O) groups is 1. The lowest BCUT2D eigenvalue weighted by Crippen LogP contribution is -2.53. The van der Waals surface area contributed by atoms with Crippen LogP contribution in [0.3, 0.4) is 0 Å². The topological polar surface area (TPSA) is 55.1 Å². The zero-order valence-corrected chi connectivity index (χ0v) is 11.1. The number of primary amides is 1. The molecule has 2 unspecified atom stereocenters. The maximum atomic E-state index is 11.3. The predicted molar refractivity (Wildman–Crippen MR) is 68.1 cm³/mol. The predicted octanol–water partition coefficient (Wildman–Crippen LogP) is 1.76. The normalized spacial score (nSPS) is 17.1. The van der Waals surface area contributed by atoms with Crippen molar-refractivity contribution in [1.82, 2.24) is 5.32 Å². The molecule has 0 aliphatic carbocycles. The minimum atomic E-state index is -0.546. The van der Waals surface area contributed by atoms with E-state index in [1.54, 1.807) is 0 Å². The molecule has 0 fully saturated rings. The van der Waals surface area contributed by atoms with Crippen molar-refractivity contribution in [1.29, 1.82) is 0 Å². The van der Waals surface area contributed by atoms with Gasteiger partial charge < -0.3 is 11.1 Å². The van der Waals surface area contributed by atoms with E-state index in [0.717, 1.165) is 18.7 Å². The second-order valence-electron chi connectivity index (χ2n) is 4.07. The molecule has 3 N–H and O–H groups in total. The highest BCUT2D eigenvalue weighted by atomic mass is 32.2. The van der Waals surface area contributed by atoms with Crippen molar-refractivity contribution in [2.75, 3.05) is 12.3 Å². The molecule has 0 saturated carbocycles. The number of nitrogens with two attached hydrogens (primary N) is 1. The van der Waals surface area contributed by atoms with Gasteiger partial charge in [0.15, 0.2) is 0 Å². The van der Waals surface area contributed by atoms with Crippen LogP contribution in [-0.4, -0.2) is 29.0 Å². The molecule has 0 aliphatic rings. The molecule has 0 spiro atoms. The molecule has 3 nitrogen and oxygen atoms in total. The Kier molecular flexibility index (Phi) is 7.02. The van der Waals surface area contributed by atoms with Gasteiger partial charge in [-0.1, -0.05) is 20.8 Å². The highest BCUT2D eigenvalue weighted by Gasteiger charge is 2.29. The van der Waals surface area contributed by atoms with Gasteiger partial charge in [-0.3, -0.25) is 4.79 Å². The molecule has 0 rings (SSSR count). The van der Waals surface area contributed by atoms with Gasteiger partial charge >= 0.3 is 0 Å². The van der Waals surface area contributed by atoms with E-state index in [1.807, 2.05) is 25.6 Å². The zero-order chi connectivity index (χ0) is 11.9. The summed E-state index contributed by atoms with van der Waals surface area (Å²) in [7, 11) is 0. The molecule has 0 saturated heterocycles. The molecule has 0 heterocycles. The van der Waals surface area contributed by atoms with Crippen molar-refractivity contribution in [2.24, 2.45) is 5.73 Å². The summed E-state index contributed by atoms with van der Waals surface area (Å²) in [6.45, 7) is 9.03. The molecule has 0 bridgehead atoms. The minimum Gasteiger partial charge on any atom is -0.368 e. The fourth-order valence-corrected chi connectivity index (χ4v) is 2.44. The molecule has 0 aromatic heterocycles. The van der Waals surface area contributed by atoms with E-state index in [2.05, 4.69) is 19.2 Å². The standard InChI is InChI=1S/C11H24N2OS/c1-5-9(3)15-8-7-11(4,10(12)14)13-6-2/h9,13H,5-8H2,1-4H3,(H2,12,14). The molecule has 0 aromatic rings. The molecule has 4 heteroatoms. The van der Waals surface area contributed by atoms with Gasteiger partial charge in [-0.15, -0.1) is 0 Å². The van der Waals surface area contributed by atoms with Crippen LogP contribution in [-0.2, 0) is 4.79 Å². The van der Waals surface area contributed by atoms with E-state index < -0.39 is 5.54 Å². The number of hydrogen-bond acceptors (Lipinski definition) is 3. The second kappa shape index (κ2) is 7.12. The lowest BCUT2D eigenvalue weighted by molar-refractivity contribution is -0.123. The minimum absolute atomic E-state index is 0.255. The molecule has 0 radical (unpaired) electrons. The van der Waals surface area contributed by atoms with Gasteiger partial charge in [-0.2, -0.15) is 11.8 Å². The maximum Gasteiger partial charge on any atom is 0.237 e. The Labute approximate surface area is 97.6 Å². The van der Waals surface area contributed by atoms with E-state index in [-0.39, 0.29) is 5.91 Å². The van der Waals surface area contributed by atoms with Gasteiger partial charge in [-0.25, -0.2) is 0 Å². The molecular weight excluding hydrogens is 208 g/mol. The van der Waals surface area contributed by atoms with Crippen LogP contribution in [0.25, 0.3) is 0 Å². The fraction of sp³-hybridized carbons (Fsp3) is 0.909. The van der Waals surface area contributed by atoms with Crippen LogP contribution < -0.4 is 11.1 Å². The second-order valence-corrected chi connectivity index (χ2v) is 5.61. The van der Waals surface area contributed by atoms with E-state index in [0.29, 0.717) is 5.25 Å². The first-order chi connectivity index (χ1) is 6.96. The monoisotopic (exact) mass is 232 g/mol. The Morgan fingerprint density at radius 3 is 2.53 bits per heavy atom. The summed E-state index contributed by atoms with van der Waals surface area (Å²) in [5.74, 6) is 0.718. The average molecular weight is 232 g/mol. The highest BCUT2D eigenvalue weighted by Crippen LogP contribution is 2.19. The molecule has 1 amide bonds. The molecule has 90 valence electrons. The van der Waals surface area contributed by atoms with E-state index in [9.17, 15) is 4.79 Å². The molecule has 0 aromatic carbocycles. The highest BCUT2D eigenvalue weighted by molar-refractivity contribution is 7.99. The van der Waals surface area contributed by atoms with Crippen LogP contribution in [0.2, 0.25) is 0 Å². The summed E-state index contributed by atoms with van der Waals surface area (Å²) in [5, 5.41) is 3.82. The van der Waals surface area contributed by atoms with E-state index >= 15 is 0 Å². The van der Waals surface area contributed by atoms with Gasteiger partial charge in [0.1, 0.15) is 0 Å². The van der Waals surface area contributed by atoms with Gasteiger partial charge in [-0.05, 0) is 32.1 Å². The van der Waals surface area contributed by atoms with Gasteiger partial charge in [0, 0.05) is 5.25 Å². The number of likely N-dealkylation sites (N-methyl/N-ethyl adjacent to an activating group) is 1. The third kappa shape index (κ3) is 5.42. The lowest BCUT2D eigenvalue weighted by Gasteiger charge is -2.27. The molecule has 15 heavy (non-hydrogen) atoms. The van der Waals surface area contributed by atoms with Crippen molar-refractivity contribution in [3.05, 3.63) is 0 Å². The summed E-state index contributed by atoms with van der Waals surface area (Å²) < 4.78 is 0. The first-order valence-corrected chi connectivity index (χ1v) is 6.67. The molecular formula is C11H24N2OS. The number of hydrogen-bond donors (Lipinski definition) is 2. The van der Waals surface area contributed by atoms with Gasteiger partial charge in [0.05, 0.1) is 5.54 Å². The first kappa shape index (κ1) is 14.8. The Morgan fingerprint density at radius 2 is 2.13 bits per heavy atom. The molecule has 2 atom stereocenters. The number of carbonyl (C=O) groups excluding carboxylic acids is 1. The largest absolute Gasteiger partial charge is 0.368 e. The SMILES string of the molecule is CCNC(C)(CCSC(C)CC)C(N)=O. The van der Waals surface area contributed by atoms with Gasteiger partial charge in [0.25, 0.3) is 0 Å². The van der Waals surface area contributed by atoms with Crippen LogP contribution in [0, 0.1) is 0 Å². The summed E-state index contributed by atoms with van der Waals surface area (Å²) in [6.07, 6.45) is 1.96. The average Bonchev–Trinajstić information content (AvgIpc) is 2.17. The van der Waals surface area contributed by atoms with Crippen molar-refractivity contribution >= 4 is 17.7 Å². The Bertz CT molecular complexity index is 199.